The van der Waals surface area contributed by atoms with Crippen LogP contribution in [0.25, 0.3) is 0 Å². The Kier molecular flexibility index (Phi) is 7.62. The average Bonchev–Trinajstić information content (AvgIpc) is 3.47. The number of thiazole rings is 1. The number of hydrogen-bond donors (Lipinski definition) is 2. The number of halogens is 3. The van der Waals surface area contributed by atoms with Gasteiger partial charge in [0.1, 0.15) is 41.4 Å². The molecule has 0 aliphatic rings. The molecule has 12 heteroatoms. The lowest BCUT2D eigenvalue weighted by Crippen LogP contribution is -2.51. The first-order valence-electron chi connectivity index (χ1n) is 10.8. The Morgan fingerprint density at radius 2 is 2.03 bits per heavy atom. The third kappa shape index (κ3) is 5.69. The highest BCUT2D eigenvalue weighted by Crippen LogP contribution is 2.31. The fourth-order valence-electron chi connectivity index (χ4n) is 3.61. The summed E-state index contributed by atoms with van der Waals surface area (Å²) in [5.41, 5.74) is -0.858. The zero-order valence-corrected chi connectivity index (χ0v) is 20.9. The van der Waals surface area contributed by atoms with Crippen molar-refractivity contribution in [2.24, 2.45) is 0 Å². The minimum atomic E-state index is -1.98. The van der Waals surface area contributed by atoms with E-state index in [0.717, 1.165) is 29.0 Å². The van der Waals surface area contributed by atoms with Gasteiger partial charge in [-0.25, -0.2) is 23.4 Å². The molecule has 0 aliphatic carbocycles. The van der Waals surface area contributed by atoms with Gasteiger partial charge in [0, 0.05) is 16.7 Å². The molecule has 36 heavy (non-hydrogen) atoms. The van der Waals surface area contributed by atoms with Crippen molar-refractivity contribution in [3.8, 4) is 5.19 Å². The molecule has 0 spiro atoms. The maximum atomic E-state index is 14.7. The molecule has 1 amide bonds. The molecule has 2 heterocycles. The Balaban J connectivity index is 1.53. The van der Waals surface area contributed by atoms with Crippen LogP contribution in [0.1, 0.15) is 33.4 Å². The summed E-state index contributed by atoms with van der Waals surface area (Å²) in [5, 5.41) is 19.2. The molecule has 188 valence electrons. The van der Waals surface area contributed by atoms with Crippen molar-refractivity contribution < 1.29 is 23.4 Å². The lowest BCUT2D eigenvalue weighted by molar-refractivity contribution is -0.0185. The van der Waals surface area contributed by atoms with Crippen LogP contribution in [0, 0.1) is 18.6 Å². The van der Waals surface area contributed by atoms with E-state index in [-0.39, 0.29) is 23.6 Å². The van der Waals surface area contributed by atoms with E-state index in [0.29, 0.717) is 22.0 Å². The molecule has 8 nitrogen and oxygen atoms in total. The summed E-state index contributed by atoms with van der Waals surface area (Å²) in [6.07, 6.45) is 2.61. The molecule has 0 unspecified atom stereocenters. The zero-order chi connectivity index (χ0) is 25.9. The molecule has 0 saturated heterocycles. The number of benzene rings is 2. The molecular formula is C24H22ClF2N5O3S. The SMILES string of the molecule is Cc1nc(OCc2ccc(Cl)cc2)sc1C(=O)N[C@H](C)[C@](O)(Cn1cncn1)c1ccc(F)cc1F. The molecule has 4 aromatic rings. The number of carbonyl (C=O) groups is 1. The Hall–Kier alpha value is -3.41. The summed E-state index contributed by atoms with van der Waals surface area (Å²) in [6.45, 7) is 3.18. The molecule has 4 rings (SSSR count). The molecule has 0 aliphatic heterocycles. The van der Waals surface area contributed by atoms with Crippen LogP contribution in [0.2, 0.25) is 5.02 Å². The van der Waals surface area contributed by atoms with Gasteiger partial charge in [-0.2, -0.15) is 5.10 Å². The predicted molar refractivity (Wildman–Crippen MR) is 130 cm³/mol. The topological polar surface area (TPSA) is 102 Å². The van der Waals surface area contributed by atoms with E-state index < -0.39 is 29.2 Å². The highest BCUT2D eigenvalue weighted by molar-refractivity contribution is 7.15. The van der Waals surface area contributed by atoms with Crippen molar-refractivity contribution in [1.82, 2.24) is 25.1 Å². The number of ether oxygens (including phenoxy) is 1. The van der Waals surface area contributed by atoms with Crippen LogP contribution < -0.4 is 10.1 Å². The summed E-state index contributed by atoms with van der Waals surface area (Å²) >= 11 is 6.94. The number of rotatable bonds is 9. The molecule has 2 N–H and O–H groups in total. The molecule has 0 fully saturated rings. The number of aliphatic hydroxyl groups is 1. The van der Waals surface area contributed by atoms with Crippen LogP contribution in [-0.2, 0) is 18.8 Å². The first-order chi connectivity index (χ1) is 17.2. The fourth-order valence-corrected chi connectivity index (χ4v) is 4.55. The Labute approximate surface area is 214 Å². The summed E-state index contributed by atoms with van der Waals surface area (Å²) in [6, 6.07) is 8.98. The van der Waals surface area contributed by atoms with Gasteiger partial charge >= 0.3 is 0 Å². The standard InChI is InChI=1S/C24H22ClF2N5O3S/c1-14-21(36-23(30-14)35-10-16-3-5-17(25)6-4-16)22(33)31-15(2)24(34,11-32-13-28-12-29-32)19-8-7-18(26)9-20(19)27/h3-9,12-13,15,34H,10-11H2,1-2H3,(H,31,33)/t15-,24-/m1/s1. The van der Waals surface area contributed by atoms with Gasteiger partial charge in [-0.05, 0) is 37.6 Å². The van der Waals surface area contributed by atoms with E-state index >= 15 is 0 Å². The average molecular weight is 534 g/mol. The van der Waals surface area contributed by atoms with Crippen LogP contribution in [-0.4, -0.2) is 36.8 Å². The van der Waals surface area contributed by atoms with Crippen LogP contribution >= 0.6 is 22.9 Å². The second-order valence-corrected chi connectivity index (χ2v) is 9.54. The first-order valence-corrected chi connectivity index (χ1v) is 12.0. The fraction of sp³-hybridized carbons (Fsp3) is 0.250. The lowest BCUT2D eigenvalue weighted by Gasteiger charge is -2.35. The summed E-state index contributed by atoms with van der Waals surface area (Å²) in [7, 11) is 0. The first kappa shape index (κ1) is 25.7. The van der Waals surface area contributed by atoms with Gasteiger partial charge in [0.15, 0.2) is 0 Å². The number of carbonyl (C=O) groups excluding carboxylic acids is 1. The third-order valence-electron chi connectivity index (χ3n) is 5.59. The molecule has 2 aromatic heterocycles. The van der Waals surface area contributed by atoms with Gasteiger partial charge in [0.05, 0.1) is 18.3 Å². The number of nitrogens with zero attached hydrogens (tertiary/aromatic N) is 4. The van der Waals surface area contributed by atoms with E-state index in [1.54, 1.807) is 19.1 Å². The molecule has 0 saturated carbocycles. The zero-order valence-electron chi connectivity index (χ0n) is 19.3. The second-order valence-electron chi connectivity index (χ2n) is 8.15. The minimum Gasteiger partial charge on any atom is -0.465 e. The highest BCUT2D eigenvalue weighted by atomic mass is 35.5. The van der Waals surface area contributed by atoms with Gasteiger partial charge < -0.3 is 15.2 Å². The smallest absolute Gasteiger partial charge is 0.274 e. The number of aromatic nitrogens is 4. The summed E-state index contributed by atoms with van der Waals surface area (Å²) in [4.78, 5) is 21.5. The van der Waals surface area contributed by atoms with Gasteiger partial charge in [-0.1, -0.05) is 41.1 Å². The largest absolute Gasteiger partial charge is 0.465 e. The minimum absolute atomic E-state index is 0.194. The summed E-state index contributed by atoms with van der Waals surface area (Å²) in [5.74, 6) is -2.27. The number of amides is 1. The molecule has 0 bridgehead atoms. The Morgan fingerprint density at radius 1 is 1.28 bits per heavy atom. The van der Waals surface area contributed by atoms with Crippen LogP contribution in [0.4, 0.5) is 8.78 Å². The van der Waals surface area contributed by atoms with E-state index in [2.05, 4.69) is 20.4 Å². The van der Waals surface area contributed by atoms with Crippen molar-refractivity contribution in [3.63, 3.8) is 0 Å². The van der Waals surface area contributed by atoms with E-state index in [9.17, 15) is 18.7 Å². The van der Waals surface area contributed by atoms with Crippen molar-refractivity contribution in [2.75, 3.05) is 0 Å². The Bertz CT molecular complexity index is 1350. The van der Waals surface area contributed by atoms with Crippen molar-refractivity contribution in [3.05, 3.63) is 93.5 Å². The second kappa shape index (κ2) is 10.7. The monoisotopic (exact) mass is 533 g/mol. The van der Waals surface area contributed by atoms with Crippen molar-refractivity contribution >= 4 is 28.8 Å². The lowest BCUT2D eigenvalue weighted by atomic mass is 9.86. The molecule has 2 aromatic carbocycles. The quantitative estimate of drug-likeness (QED) is 0.333. The van der Waals surface area contributed by atoms with Gasteiger partial charge in [-0.15, -0.1) is 0 Å². The van der Waals surface area contributed by atoms with E-state index in [1.165, 1.54) is 24.3 Å². The van der Waals surface area contributed by atoms with E-state index in [4.69, 9.17) is 16.3 Å². The van der Waals surface area contributed by atoms with Crippen molar-refractivity contribution in [1.29, 1.82) is 0 Å². The molecular weight excluding hydrogens is 512 g/mol. The van der Waals surface area contributed by atoms with Gasteiger partial charge in [0.2, 0.25) is 0 Å². The van der Waals surface area contributed by atoms with E-state index in [1.807, 2.05) is 12.1 Å². The van der Waals surface area contributed by atoms with Crippen LogP contribution in [0.3, 0.4) is 0 Å². The number of aryl methyl sites for hydroxylation is 1. The number of nitrogens with one attached hydrogen (secondary N) is 1. The predicted octanol–water partition coefficient (Wildman–Crippen LogP) is 4.26. The highest BCUT2D eigenvalue weighted by Gasteiger charge is 2.40. The number of hydrogen-bond acceptors (Lipinski definition) is 7. The summed E-state index contributed by atoms with van der Waals surface area (Å²) < 4.78 is 35.3. The maximum absolute atomic E-state index is 14.7. The van der Waals surface area contributed by atoms with Crippen LogP contribution in [0.15, 0.2) is 55.1 Å². The third-order valence-corrected chi connectivity index (χ3v) is 6.91. The van der Waals surface area contributed by atoms with Crippen LogP contribution in [0.5, 0.6) is 5.19 Å². The van der Waals surface area contributed by atoms with Crippen molar-refractivity contribution in [2.45, 2.75) is 38.6 Å². The Morgan fingerprint density at radius 3 is 2.69 bits per heavy atom. The van der Waals surface area contributed by atoms with Gasteiger partial charge in [0.25, 0.3) is 11.1 Å². The molecule has 0 radical (unpaired) electrons. The van der Waals surface area contributed by atoms with Gasteiger partial charge in [-0.3, -0.25) is 4.79 Å². The molecule has 2 atom stereocenters. The normalized spacial score (nSPS) is 13.7. The maximum Gasteiger partial charge on any atom is 0.274 e.